The van der Waals surface area contributed by atoms with E-state index < -0.39 is 40.4 Å². The van der Waals surface area contributed by atoms with E-state index in [1.165, 1.54) is 25.2 Å². The van der Waals surface area contributed by atoms with Gasteiger partial charge in [-0.05, 0) is 48.6 Å². The fourth-order valence-electron chi connectivity index (χ4n) is 3.53. The number of unbranched alkanes of at least 4 members (excludes halogenated alkanes) is 1. The molecule has 1 amide bonds. The number of alkyl halides is 3. The molecule has 0 saturated heterocycles. The number of hydrogen-bond donors (Lipinski definition) is 2. The van der Waals surface area contributed by atoms with Crippen molar-refractivity contribution in [3.8, 4) is 0 Å². The van der Waals surface area contributed by atoms with E-state index >= 15 is 0 Å². The van der Waals surface area contributed by atoms with Crippen molar-refractivity contribution in [1.82, 2.24) is 4.98 Å². The lowest BCUT2D eigenvalue weighted by Gasteiger charge is -2.23. The average molecular weight is 505 g/mol. The summed E-state index contributed by atoms with van der Waals surface area (Å²) in [5, 5.41) is 0. The third-order valence-electron chi connectivity index (χ3n) is 5.47. The van der Waals surface area contributed by atoms with Gasteiger partial charge in [-0.1, -0.05) is 25.5 Å². The molecule has 1 unspecified atom stereocenters. The lowest BCUT2D eigenvalue weighted by molar-refractivity contribution is -0.141. The molecule has 12 heteroatoms. The van der Waals surface area contributed by atoms with E-state index in [0.717, 1.165) is 29.3 Å². The Hall–Kier alpha value is -2.89. The van der Waals surface area contributed by atoms with Gasteiger partial charge in [0.05, 0.1) is 11.6 Å². The largest absolute Gasteiger partial charge is 0.433 e. The topological polar surface area (TPSA) is 96.6 Å². The summed E-state index contributed by atoms with van der Waals surface area (Å²) in [6.07, 6.45) is -2.73. The molecule has 0 saturated carbocycles. The van der Waals surface area contributed by atoms with Gasteiger partial charge in [0.15, 0.2) is 0 Å². The number of carbonyl (C=O) groups excluding carboxylic acids is 1. The zero-order valence-corrected chi connectivity index (χ0v) is 20.0. The van der Waals surface area contributed by atoms with Crippen molar-refractivity contribution in [2.75, 3.05) is 29.8 Å². The van der Waals surface area contributed by atoms with E-state index in [1.54, 1.807) is 11.9 Å². The smallest absolute Gasteiger partial charge is 0.369 e. The Morgan fingerprint density at radius 2 is 1.85 bits per heavy atom. The highest BCUT2D eigenvalue weighted by atomic mass is 32.2. The van der Waals surface area contributed by atoms with Crippen LogP contribution in [0.2, 0.25) is 0 Å². The minimum absolute atomic E-state index is 0.0987. The number of primary amides is 1. The van der Waals surface area contributed by atoms with Crippen LogP contribution in [0.1, 0.15) is 48.9 Å². The first-order chi connectivity index (χ1) is 15.9. The van der Waals surface area contributed by atoms with Crippen LogP contribution in [0, 0.1) is 5.82 Å². The number of nitrogens with zero attached hydrogens (tertiary/aromatic N) is 3. The molecule has 0 fully saturated rings. The van der Waals surface area contributed by atoms with E-state index in [9.17, 15) is 30.8 Å². The zero-order chi connectivity index (χ0) is 25.6. The second-order valence-electron chi connectivity index (χ2n) is 7.92. The Labute approximate surface area is 197 Å². The summed E-state index contributed by atoms with van der Waals surface area (Å²) >= 11 is 0. The molecule has 1 heterocycles. The lowest BCUT2D eigenvalue weighted by atomic mass is 9.91. The highest BCUT2D eigenvalue weighted by molar-refractivity contribution is 7.74. The van der Waals surface area contributed by atoms with E-state index in [0.29, 0.717) is 12.1 Å². The molecule has 2 N–H and O–H groups in total. The van der Waals surface area contributed by atoms with E-state index in [-0.39, 0.29) is 29.9 Å². The number of hydrogen-bond acceptors (Lipinski definition) is 5. The van der Waals surface area contributed by atoms with Gasteiger partial charge in [-0.2, -0.15) is 13.2 Å². The van der Waals surface area contributed by atoms with Gasteiger partial charge in [0.2, 0.25) is 16.8 Å². The standard InChI is InChI=1S/C22H28F4N4O3S/c1-4-5-12-29(2)21-14(8-11-19(28-21)22(24,25)26)6-9-16(20(27)31)15-7-10-18(17(23)13-15)30(3)34(32)33/h7-8,10-11,13,16,34H,4-6,9,12H2,1-3H3,(H2,27,31). The third kappa shape index (κ3) is 6.81. The minimum atomic E-state index is -4.60. The molecule has 34 heavy (non-hydrogen) atoms. The summed E-state index contributed by atoms with van der Waals surface area (Å²) in [4.78, 5) is 17.6. The van der Waals surface area contributed by atoms with Crippen LogP contribution in [0.3, 0.4) is 0 Å². The summed E-state index contributed by atoms with van der Waals surface area (Å²) in [5.74, 6) is -2.36. The fraction of sp³-hybridized carbons (Fsp3) is 0.455. The number of anilines is 2. The second kappa shape index (κ2) is 11.5. The van der Waals surface area contributed by atoms with Gasteiger partial charge in [-0.25, -0.2) is 17.8 Å². The van der Waals surface area contributed by atoms with Crippen LogP contribution >= 0.6 is 0 Å². The normalized spacial score (nSPS) is 12.6. The Bertz CT molecular complexity index is 1080. The van der Waals surface area contributed by atoms with Crippen molar-refractivity contribution in [3.05, 3.63) is 53.0 Å². The van der Waals surface area contributed by atoms with E-state index in [1.807, 2.05) is 6.92 Å². The van der Waals surface area contributed by atoms with Gasteiger partial charge < -0.3 is 10.6 Å². The predicted octanol–water partition coefficient (Wildman–Crippen LogP) is 3.64. The number of rotatable bonds is 11. The maximum atomic E-state index is 14.5. The van der Waals surface area contributed by atoms with Crippen LogP contribution in [-0.2, 0) is 28.3 Å². The molecule has 0 aliphatic heterocycles. The van der Waals surface area contributed by atoms with Gasteiger partial charge >= 0.3 is 6.18 Å². The maximum Gasteiger partial charge on any atom is 0.433 e. The number of carbonyl (C=O) groups is 1. The van der Waals surface area contributed by atoms with Crippen molar-refractivity contribution in [2.45, 2.75) is 44.7 Å². The number of aryl methyl sites for hydroxylation is 1. The number of nitrogens with two attached hydrogens (primary N) is 1. The van der Waals surface area contributed by atoms with Gasteiger partial charge in [-0.3, -0.25) is 9.10 Å². The lowest BCUT2D eigenvalue weighted by Crippen LogP contribution is -2.25. The molecule has 0 bridgehead atoms. The second-order valence-corrected chi connectivity index (χ2v) is 8.99. The number of halogens is 4. The molecular formula is C22H28F4N4O3S. The molecule has 188 valence electrons. The van der Waals surface area contributed by atoms with E-state index in [4.69, 9.17) is 5.73 Å². The van der Waals surface area contributed by atoms with Gasteiger partial charge in [0, 0.05) is 20.6 Å². The molecular weight excluding hydrogens is 476 g/mol. The molecule has 7 nitrogen and oxygen atoms in total. The molecule has 0 aliphatic carbocycles. The quantitative estimate of drug-likeness (QED) is 0.360. The Kier molecular flexibility index (Phi) is 9.25. The number of pyridine rings is 1. The third-order valence-corrected chi connectivity index (χ3v) is 6.17. The Balaban J connectivity index is 2.34. The number of aromatic nitrogens is 1. The molecule has 0 spiro atoms. The van der Waals surface area contributed by atoms with Crippen LogP contribution in [0.5, 0.6) is 0 Å². The summed E-state index contributed by atoms with van der Waals surface area (Å²) in [7, 11) is -0.209. The molecule has 2 aromatic rings. The average Bonchev–Trinajstić information content (AvgIpc) is 2.76. The van der Waals surface area contributed by atoms with Crippen LogP contribution < -0.4 is 14.9 Å². The van der Waals surface area contributed by atoms with Crippen LogP contribution in [-0.4, -0.2) is 39.9 Å². The summed E-state index contributed by atoms with van der Waals surface area (Å²) < 4.78 is 77.1. The first-order valence-electron chi connectivity index (χ1n) is 10.6. The molecule has 0 radical (unpaired) electrons. The highest BCUT2D eigenvalue weighted by Crippen LogP contribution is 2.32. The number of benzene rings is 1. The Morgan fingerprint density at radius 1 is 1.18 bits per heavy atom. The summed E-state index contributed by atoms with van der Waals surface area (Å²) in [5.41, 5.74) is 5.07. The first-order valence-corrected chi connectivity index (χ1v) is 11.7. The minimum Gasteiger partial charge on any atom is -0.369 e. The summed E-state index contributed by atoms with van der Waals surface area (Å²) in [6.45, 7) is 2.46. The van der Waals surface area contributed by atoms with Crippen LogP contribution in [0.4, 0.5) is 29.1 Å². The predicted molar refractivity (Wildman–Crippen MR) is 123 cm³/mol. The van der Waals surface area contributed by atoms with Gasteiger partial charge in [0.1, 0.15) is 17.3 Å². The van der Waals surface area contributed by atoms with Crippen molar-refractivity contribution >= 4 is 28.3 Å². The fourth-order valence-corrected chi connectivity index (χ4v) is 3.86. The first kappa shape index (κ1) is 27.4. The van der Waals surface area contributed by atoms with Crippen molar-refractivity contribution in [3.63, 3.8) is 0 Å². The van der Waals surface area contributed by atoms with Crippen molar-refractivity contribution in [1.29, 1.82) is 0 Å². The van der Waals surface area contributed by atoms with Crippen LogP contribution in [0.15, 0.2) is 30.3 Å². The molecule has 0 aliphatic rings. The van der Waals surface area contributed by atoms with Crippen molar-refractivity contribution in [2.24, 2.45) is 5.73 Å². The molecule has 1 aromatic carbocycles. The van der Waals surface area contributed by atoms with Crippen LogP contribution in [0.25, 0.3) is 0 Å². The monoisotopic (exact) mass is 504 g/mol. The SMILES string of the molecule is CCCCN(C)c1nc(C(F)(F)F)ccc1CCC(C(N)=O)c1ccc(N(C)[SH](=O)=O)c(F)c1. The highest BCUT2D eigenvalue weighted by Gasteiger charge is 2.33. The molecule has 1 aromatic heterocycles. The summed E-state index contributed by atoms with van der Waals surface area (Å²) in [6, 6.07) is 5.90. The van der Waals surface area contributed by atoms with E-state index in [2.05, 4.69) is 4.98 Å². The van der Waals surface area contributed by atoms with Crippen molar-refractivity contribution < 1.29 is 30.8 Å². The molecule has 1 atom stereocenters. The zero-order valence-electron chi connectivity index (χ0n) is 19.1. The van der Waals surface area contributed by atoms with Gasteiger partial charge in [-0.15, -0.1) is 0 Å². The Morgan fingerprint density at radius 3 is 2.38 bits per heavy atom. The van der Waals surface area contributed by atoms with Gasteiger partial charge in [0.25, 0.3) is 0 Å². The molecule has 2 rings (SSSR count). The number of amides is 1. The maximum absolute atomic E-state index is 14.5. The number of thiol groups is 1.